The molecule has 0 aromatic heterocycles. The van der Waals surface area contributed by atoms with Crippen molar-refractivity contribution in [2.24, 2.45) is 11.3 Å². The first-order valence-corrected chi connectivity index (χ1v) is 12.4. The Bertz CT molecular complexity index is 636. The summed E-state index contributed by atoms with van der Waals surface area (Å²) in [5.41, 5.74) is -0.739. The van der Waals surface area contributed by atoms with Crippen molar-refractivity contribution in [1.29, 1.82) is 0 Å². The average molecular weight is 457 g/mol. The van der Waals surface area contributed by atoms with Gasteiger partial charge in [-0.15, -0.1) is 11.6 Å². The number of alkyl halides is 1. The van der Waals surface area contributed by atoms with Crippen LogP contribution in [0.1, 0.15) is 73.1 Å². The molecule has 3 unspecified atom stereocenters. The number of halogens is 1. The number of hydrogen-bond donors (Lipinski definition) is 2. The van der Waals surface area contributed by atoms with Crippen LogP contribution in [-0.2, 0) is 9.59 Å². The summed E-state index contributed by atoms with van der Waals surface area (Å²) in [7, 11) is 0. The van der Waals surface area contributed by atoms with Crippen molar-refractivity contribution in [1.82, 2.24) is 20.4 Å². The molecule has 1 heterocycles. The Morgan fingerprint density at radius 3 is 2.32 bits per heavy atom. The van der Waals surface area contributed by atoms with Crippen molar-refractivity contribution in [2.45, 2.75) is 91.3 Å². The average Bonchev–Trinajstić information content (AvgIpc) is 2.76. The fraction of sp³-hybridized carbons (Fsp3) is 0.870. The number of amides is 4. The zero-order valence-electron chi connectivity index (χ0n) is 19.9. The predicted octanol–water partition coefficient (Wildman–Crippen LogP) is 3.36. The van der Waals surface area contributed by atoms with Gasteiger partial charge in [-0.25, -0.2) is 4.79 Å². The van der Waals surface area contributed by atoms with E-state index in [0.717, 1.165) is 19.3 Å². The molecule has 4 amide bonds. The molecule has 2 rings (SSSR count). The summed E-state index contributed by atoms with van der Waals surface area (Å²) in [5, 5.41) is 6.13. The highest BCUT2D eigenvalue weighted by atomic mass is 35.5. The van der Waals surface area contributed by atoms with Gasteiger partial charge < -0.3 is 20.4 Å². The standard InChI is InChI=1S/C23H41ClN4O3/c1-6-16(2)19(26-21(30)23(4,5)15-24)20(29)27-12-13-28(17(3)14-27)22(31)25-18-10-8-7-9-11-18/h16-19H,6-15H2,1-5H3,(H,25,31)(H,26,30). The lowest BCUT2D eigenvalue weighted by Gasteiger charge is -2.42. The van der Waals surface area contributed by atoms with E-state index in [0.29, 0.717) is 19.6 Å². The molecule has 2 fully saturated rings. The van der Waals surface area contributed by atoms with Crippen LogP contribution in [0.3, 0.4) is 0 Å². The third-order valence-electron chi connectivity index (χ3n) is 6.85. The SMILES string of the molecule is CCC(C)C(NC(=O)C(C)(C)CCl)C(=O)N1CCN(C(=O)NC2CCCCC2)C(C)C1. The van der Waals surface area contributed by atoms with Crippen molar-refractivity contribution in [2.75, 3.05) is 25.5 Å². The van der Waals surface area contributed by atoms with Gasteiger partial charge in [0.15, 0.2) is 0 Å². The van der Waals surface area contributed by atoms with E-state index in [9.17, 15) is 14.4 Å². The van der Waals surface area contributed by atoms with Gasteiger partial charge >= 0.3 is 6.03 Å². The van der Waals surface area contributed by atoms with Crippen molar-refractivity contribution in [3.8, 4) is 0 Å². The molecule has 1 saturated carbocycles. The maximum Gasteiger partial charge on any atom is 0.317 e. The van der Waals surface area contributed by atoms with E-state index in [1.54, 1.807) is 18.7 Å². The van der Waals surface area contributed by atoms with E-state index in [4.69, 9.17) is 11.6 Å². The minimum atomic E-state index is -0.739. The summed E-state index contributed by atoms with van der Waals surface area (Å²) in [5.74, 6) is -0.0936. The maximum absolute atomic E-state index is 13.3. The first kappa shape index (κ1) is 25.8. The Balaban J connectivity index is 1.99. The van der Waals surface area contributed by atoms with Gasteiger partial charge in [0.25, 0.3) is 0 Å². The number of nitrogens with zero attached hydrogens (tertiary/aromatic N) is 2. The van der Waals surface area contributed by atoms with Crippen LogP contribution in [0, 0.1) is 11.3 Å². The maximum atomic E-state index is 13.3. The number of hydrogen-bond acceptors (Lipinski definition) is 3. The Labute approximate surface area is 192 Å². The molecule has 0 radical (unpaired) electrons. The zero-order chi connectivity index (χ0) is 23.2. The third kappa shape index (κ3) is 6.74. The first-order chi connectivity index (χ1) is 14.6. The molecule has 3 atom stereocenters. The Kier molecular flexibility index (Phi) is 9.46. The Morgan fingerprint density at radius 1 is 1.13 bits per heavy atom. The van der Waals surface area contributed by atoms with Crippen LogP contribution in [0.2, 0.25) is 0 Å². The predicted molar refractivity (Wildman–Crippen MR) is 124 cm³/mol. The van der Waals surface area contributed by atoms with E-state index < -0.39 is 11.5 Å². The second-order valence-corrected chi connectivity index (χ2v) is 10.2. The zero-order valence-corrected chi connectivity index (χ0v) is 20.6. The number of piperazine rings is 1. The number of nitrogens with one attached hydrogen (secondary N) is 2. The molecule has 178 valence electrons. The van der Waals surface area contributed by atoms with Crippen LogP contribution < -0.4 is 10.6 Å². The highest BCUT2D eigenvalue weighted by Gasteiger charge is 2.37. The molecule has 8 heteroatoms. The van der Waals surface area contributed by atoms with Gasteiger partial charge in [-0.1, -0.05) is 39.5 Å². The van der Waals surface area contributed by atoms with Crippen molar-refractivity contribution in [3.63, 3.8) is 0 Å². The smallest absolute Gasteiger partial charge is 0.317 e. The van der Waals surface area contributed by atoms with Crippen LogP contribution in [0.4, 0.5) is 4.79 Å². The molecule has 0 bridgehead atoms. The molecule has 7 nitrogen and oxygen atoms in total. The van der Waals surface area contributed by atoms with Gasteiger partial charge in [0.2, 0.25) is 11.8 Å². The van der Waals surface area contributed by atoms with E-state index in [-0.39, 0.29) is 41.7 Å². The Morgan fingerprint density at radius 2 is 1.77 bits per heavy atom. The van der Waals surface area contributed by atoms with E-state index >= 15 is 0 Å². The molecule has 1 aliphatic carbocycles. The molecule has 1 aliphatic heterocycles. The molecule has 2 aliphatic rings. The lowest BCUT2D eigenvalue weighted by molar-refractivity contribution is -0.141. The minimum Gasteiger partial charge on any atom is -0.344 e. The molecule has 1 saturated heterocycles. The third-order valence-corrected chi connectivity index (χ3v) is 7.52. The number of carbonyl (C=O) groups is 3. The van der Waals surface area contributed by atoms with Gasteiger partial charge in [-0.2, -0.15) is 0 Å². The van der Waals surface area contributed by atoms with E-state index in [1.165, 1.54) is 19.3 Å². The molecule has 0 spiro atoms. The molecule has 31 heavy (non-hydrogen) atoms. The van der Waals surface area contributed by atoms with E-state index in [2.05, 4.69) is 10.6 Å². The van der Waals surface area contributed by atoms with Crippen LogP contribution in [0.25, 0.3) is 0 Å². The lowest BCUT2D eigenvalue weighted by atomic mass is 9.92. The normalized spacial score (nSPS) is 22.6. The van der Waals surface area contributed by atoms with Crippen molar-refractivity contribution >= 4 is 29.4 Å². The van der Waals surface area contributed by atoms with Crippen LogP contribution in [0.15, 0.2) is 0 Å². The lowest BCUT2D eigenvalue weighted by Crippen LogP contribution is -2.62. The quantitative estimate of drug-likeness (QED) is 0.576. The van der Waals surface area contributed by atoms with Gasteiger partial charge in [-0.3, -0.25) is 9.59 Å². The largest absolute Gasteiger partial charge is 0.344 e. The fourth-order valence-corrected chi connectivity index (χ4v) is 4.36. The van der Waals surface area contributed by atoms with Gasteiger partial charge in [0, 0.05) is 37.6 Å². The summed E-state index contributed by atoms with van der Waals surface area (Å²) >= 11 is 5.95. The summed E-state index contributed by atoms with van der Waals surface area (Å²) in [4.78, 5) is 42.4. The van der Waals surface area contributed by atoms with Crippen molar-refractivity contribution < 1.29 is 14.4 Å². The molecule has 0 aromatic carbocycles. The number of rotatable bonds is 7. The summed E-state index contributed by atoms with van der Waals surface area (Å²) in [6.45, 7) is 11.0. The number of carbonyl (C=O) groups excluding carboxylic acids is 3. The Hall–Kier alpha value is -1.50. The molecule has 0 aromatic rings. The number of urea groups is 1. The topological polar surface area (TPSA) is 81.8 Å². The van der Waals surface area contributed by atoms with Crippen molar-refractivity contribution in [3.05, 3.63) is 0 Å². The molecule has 2 N–H and O–H groups in total. The fourth-order valence-electron chi connectivity index (χ4n) is 4.24. The summed E-state index contributed by atoms with van der Waals surface area (Å²) in [6, 6.07) is -0.422. The van der Waals surface area contributed by atoms with Crippen LogP contribution in [-0.4, -0.2) is 71.3 Å². The minimum absolute atomic E-state index is 0.00510. The van der Waals surface area contributed by atoms with Gasteiger partial charge in [-0.05, 0) is 39.5 Å². The van der Waals surface area contributed by atoms with Gasteiger partial charge in [0.1, 0.15) is 6.04 Å². The first-order valence-electron chi connectivity index (χ1n) is 11.8. The molecular weight excluding hydrogens is 416 g/mol. The highest BCUT2D eigenvalue weighted by Crippen LogP contribution is 2.21. The summed E-state index contributed by atoms with van der Waals surface area (Å²) < 4.78 is 0. The highest BCUT2D eigenvalue weighted by molar-refractivity contribution is 6.19. The van der Waals surface area contributed by atoms with E-state index in [1.807, 2.05) is 25.7 Å². The molecular formula is C23H41ClN4O3. The monoisotopic (exact) mass is 456 g/mol. The summed E-state index contributed by atoms with van der Waals surface area (Å²) in [6.07, 6.45) is 6.47. The van der Waals surface area contributed by atoms with Crippen LogP contribution >= 0.6 is 11.6 Å². The van der Waals surface area contributed by atoms with Gasteiger partial charge in [0.05, 0.1) is 5.41 Å². The van der Waals surface area contributed by atoms with Crippen LogP contribution in [0.5, 0.6) is 0 Å². The second-order valence-electron chi connectivity index (χ2n) is 9.97. The second kappa shape index (κ2) is 11.4.